The van der Waals surface area contributed by atoms with Crippen molar-refractivity contribution in [2.45, 2.75) is 20.3 Å². The molecule has 144 valence electrons. The highest BCUT2D eigenvalue weighted by Crippen LogP contribution is 2.29. The molecule has 3 nitrogen and oxygen atoms in total. The second-order valence-corrected chi connectivity index (χ2v) is 7.34. The Morgan fingerprint density at radius 1 is 0.862 bits per heavy atom. The third kappa shape index (κ3) is 4.04. The first kappa shape index (κ1) is 18.9. The molecule has 1 heterocycles. The molecule has 0 radical (unpaired) electrons. The normalized spacial score (nSPS) is 10.8. The summed E-state index contributed by atoms with van der Waals surface area (Å²) < 4.78 is 0. The van der Waals surface area contributed by atoms with Crippen molar-refractivity contribution in [3.8, 4) is 11.3 Å². The molecule has 0 bridgehead atoms. The minimum atomic E-state index is -0.0506. The molecule has 0 aliphatic carbocycles. The highest BCUT2D eigenvalue weighted by molar-refractivity contribution is 6.08. The van der Waals surface area contributed by atoms with E-state index in [0.717, 1.165) is 34.1 Å². The van der Waals surface area contributed by atoms with Crippen LogP contribution in [0.3, 0.4) is 0 Å². The predicted octanol–water partition coefficient (Wildman–Crippen LogP) is 5.49. The van der Waals surface area contributed by atoms with E-state index in [4.69, 9.17) is 4.98 Å². The fourth-order valence-electron chi connectivity index (χ4n) is 3.65. The Morgan fingerprint density at radius 3 is 2.31 bits per heavy atom. The van der Waals surface area contributed by atoms with Gasteiger partial charge in [0.15, 0.2) is 0 Å². The zero-order valence-electron chi connectivity index (χ0n) is 16.8. The van der Waals surface area contributed by atoms with Crippen LogP contribution < -0.4 is 5.32 Å². The second kappa shape index (κ2) is 8.27. The highest BCUT2D eigenvalue weighted by atomic mass is 16.1. The summed E-state index contributed by atoms with van der Waals surface area (Å²) in [5.41, 5.74) is 6.75. The number of para-hydroxylation sites is 1. The van der Waals surface area contributed by atoms with Crippen LogP contribution in [0.4, 0.5) is 0 Å². The van der Waals surface area contributed by atoms with Gasteiger partial charge < -0.3 is 5.32 Å². The van der Waals surface area contributed by atoms with Crippen LogP contribution in [0.25, 0.3) is 22.2 Å². The molecule has 4 aromatic rings. The number of nitrogens with zero attached hydrogens (tertiary/aromatic N) is 1. The van der Waals surface area contributed by atoms with Gasteiger partial charge in [0.1, 0.15) is 0 Å². The largest absolute Gasteiger partial charge is 0.352 e. The van der Waals surface area contributed by atoms with Crippen LogP contribution >= 0.6 is 0 Å². The van der Waals surface area contributed by atoms with Crippen LogP contribution in [0.1, 0.15) is 27.0 Å². The number of hydrogen-bond donors (Lipinski definition) is 1. The van der Waals surface area contributed by atoms with Crippen molar-refractivity contribution in [2.75, 3.05) is 6.54 Å². The summed E-state index contributed by atoms with van der Waals surface area (Å²) in [4.78, 5) is 18.0. The lowest BCUT2D eigenvalue weighted by Gasteiger charge is -2.15. The quantitative estimate of drug-likeness (QED) is 0.497. The number of benzene rings is 3. The summed E-state index contributed by atoms with van der Waals surface area (Å²) in [5, 5.41) is 3.99. The Bertz CT molecular complexity index is 1150. The molecule has 0 spiro atoms. The smallest absolute Gasteiger partial charge is 0.252 e. The van der Waals surface area contributed by atoms with Crippen LogP contribution in [-0.4, -0.2) is 17.4 Å². The summed E-state index contributed by atoms with van der Waals surface area (Å²) in [6.07, 6.45) is 0.805. The Kier molecular flexibility index (Phi) is 5.39. The number of hydrogen-bond acceptors (Lipinski definition) is 2. The Balaban J connectivity index is 1.69. The molecule has 0 unspecified atom stereocenters. The third-order valence-corrected chi connectivity index (χ3v) is 5.23. The Labute approximate surface area is 171 Å². The molecule has 0 saturated heterocycles. The van der Waals surface area contributed by atoms with Gasteiger partial charge in [0.25, 0.3) is 5.91 Å². The molecular weight excluding hydrogens is 356 g/mol. The van der Waals surface area contributed by atoms with E-state index < -0.39 is 0 Å². The molecule has 1 amide bonds. The third-order valence-electron chi connectivity index (χ3n) is 5.23. The van der Waals surface area contributed by atoms with E-state index in [1.807, 2.05) is 49.4 Å². The van der Waals surface area contributed by atoms with Crippen LogP contribution in [-0.2, 0) is 6.42 Å². The number of carbonyl (C=O) groups is 1. The fraction of sp³-hybridized carbons (Fsp3) is 0.154. The SMILES string of the molecule is Cc1ccc(-c2nc3ccccc3c(C(=O)NCCc3ccccc3)c2C)cc1. The fourth-order valence-corrected chi connectivity index (χ4v) is 3.65. The van der Waals surface area contributed by atoms with Gasteiger partial charge in [-0.3, -0.25) is 4.79 Å². The predicted molar refractivity (Wildman–Crippen MR) is 119 cm³/mol. The van der Waals surface area contributed by atoms with Crippen molar-refractivity contribution >= 4 is 16.8 Å². The number of fused-ring (bicyclic) bond motifs is 1. The van der Waals surface area contributed by atoms with E-state index >= 15 is 0 Å². The number of pyridine rings is 1. The van der Waals surface area contributed by atoms with Gasteiger partial charge in [-0.1, -0.05) is 78.4 Å². The first-order chi connectivity index (χ1) is 14.1. The number of aromatic nitrogens is 1. The Morgan fingerprint density at radius 2 is 1.55 bits per heavy atom. The van der Waals surface area contributed by atoms with Crippen LogP contribution in [0, 0.1) is 13.8 Å². The molecular formula is C26H24N2O. The van der Waals surface area contributed by atoms with Crippen molar-refractivity contribution in [1.82, 2.24) is 10.3 Å². The zero-order valence-corrected chi connectivity index (χ0v) is 16.8. The molecule has 29 heavy (non-hydrogen) atoms. The summed E-state index contributed by atoms with van der Waals surface area (Å²) in [6, 6.07) is 26.3. The lowest BCUT2D eigenvalue weighted by molar-refractivity contribution is 0.0955. The summed E-state index contributed by atoms with van der Waals surface area (Å²) in [7, 11) is 0. The van der Waals surface area contributed by atoms with Crippen molar-refractivity contribution in [1.29, 1.82) is 0 Å². The van der Waals surface area contributed by atoms with Crippen LogP contribution in [0.5, 0.6) is 0 Å². The lowest BCUT2D eigenvalue weighted by Crippen LogP contribution is -2.27. The minimum absolute atomic E-state index is 0.0506. The summed E-state index contributed by atoms with van der Waals surface area (Å²) in [6.45, 7) is 4.65. The molecule has 0 saturated carbocycles. The van der Waals surface area contributed by atoms with Crippen LogP contribution in [0.2, 0.25) is 0 Å². The van der Waals surface area contributed by atoms with Gasteiger partial charge in [-0.25, -0.2) is 4.98 Å². The van der Waals surface area contributed by atoms with Crippen LogP contribution in [0.15, 0.2) is 78.9 Å². The Hall–Kier alpha value is -3.46. The number of aryl methyl sites for hydroxylation is 1. The molecule has 0 aliphatic rings. The molecule has 4 rings (SSSR count). The van der Waals surface area contributed by atoms with E-state index in [-0.39, 0.29) is 5.91 Å². The van der Waals surface area contributed by atoms with Crippen molar-refractivity contribution in [2.24, 2.45) is 0 Å². The molecule has 0 aliphatic heterocycles. The molecule has 3 heteroatoms. The summed E-state index contributed by atoms with van der Waals surface area (Å²) >= 11 is 0. The van der Waals surface area contributed by atoms with E-state index in [1.54, 1.807) is 0 Å². The number of rotatable bonds is 5. The van der Waals surface area contributed by atoms with Crippen molar-refractivity contribution in [3.05, 3.63) is 101 Å². The molecule has 1 aromatic heterocycles. The zero-order chi connectivity index (χ0) is 20.2. The first-order valence-electron chi connectivity index (χ1n) is 9.92. The van der Waals surface area contributed by atoms with Gasteiger partial charge in [0, 0.05) is 17.5 Å². The van der Waals surface area contributed by atoms with E-state index in [1.165, 1.54) is 11.1 Å². The van der Waals surface area contributed by atoms with Gasteiger partial charge in [0.05, 0.1) is 16.8 Å². The number of nitrogens with one attached hydrogen (secondary N) is 1. The average molecular weight is 380 g/mol. The van der Waals surface area contributed by atoms with Crippen molar-refractivity contribution in [3.63, 3.8) is 0 Å². The maximum atomic E-state index is 13.2. The van der Waals surface area contributed by atoms with Gasteiger partial charge in [0.2, 0.25) is 0 Å². The molecule has 0 fully saturated rings. The number of amides is 1. The molecule has 1 N–H and O–H groups in total. The molecule has 0 atom stereocenters. The van der Waals surface area contributed by atoms with E-state index in [9.17, 15) is 4.79 Å². The molecule has 3 aromatic carbocycles. The summed E-state index contributed by atoms with van der Waals surface area (Å²) in [5.74, 6) is -0.0506. The monoisotopic (exact) mass is 380 g/mol. The lowest BCUT2D eigenvalue weighted by atomic mass is 9.96. The van der Waals surface area contributed by atoms with Gasteiger partial charge in [-0.2, -0.15) is 0 Å². The van der Waals surface area contributed by atoms with Gasteiger partial charge in [-0.05, 0) is 37.5 Å². The van der Waals surface area contributed by atoms with Crippen molar-refractivity contribution < 1.29 is 4.79 Å². The van der Waals surface area contributed by atoms with Gasteiger partial charge >= 0.3 is 0 Å². The minimum Gasteiger partial charge on any atom is -0.352 e. The topological polar surface area (TPSA) is 42.0 Å². The highest BCUT2D eigenvalue weighted by Gasteiger charge is 2.18. The van der Waals surface area contributed by atoms with E-state index in [0.29, 0.717) is 12.1 Å². The second-order valence-electron chi connectivity index (χ2n) is 7.34. The van der Waals surface area contributed by atoms with E-state index in [2.05, 4.69) is 48.6 Å². The average Bonchev–Trinajstić information content (AvgIpc) is 2.74. The maximum absolute atomic E-state index is 13.2. The maximum Gasteiger partial charge on any atom is 0.252 e. The standard InChI is InChI=1S/C26H24N2O/c1-18-12-14-21(15-13-18)25-19(2)24(22-10-6-7-11-23(22)28-25)26(29)27-17-16-20-8-4-3-5-9-20/h3-15H,16-17H2,1-2H3,(H,27,29). The number of carbonyl (C=O) groups excluding carboxylic acids is 1. The first-order valence-corrected chi connectivity index (χ1v) is 9.92. The van der Waals surface area contributed by atoms with Gasteiger partial charge in [-0.15, -0.1) is 0 Å².